The van der Waals surface area contributed by atoms with Crippen LogP contribution < -0.4 is 10.6 Å². The van der Waals surface area contributed by atoms with Crippen LogP contribution in [0.25, 0.3) is 0 Å². The van der Waals surface area contributed by atoms with Crippen LogP contribution in [0.2, 0.25) is 0 Å². The molecule has 0 aliphatic heterocycles. The van der Waals surface area contributed by atoms with Crippen molar-refractivity contribution in [3.05, 3.63) is 29.3 Å². The van der Waals surface area contributed by atoms with E-state index in [2.05, 4.69) is 10.6 Å². The second-order valence-corrected chi connectivity index (χ2v) is 8.73. The maximum atomic E-state index is 13.3. The minimum atomic E-state index is -1.39. The summed E-state index contributed by atoms with van der Waals surface area (Å²) in [6.45, 7) is 7.58. The Morgan fingerprint density at radius 2 is 1.85 bits per heavy atom. The molecular weight excluding hydrogens is 430 g/mol. The minimum Gasteiger partial charge on any atom is -0.508 e. The van der Waals surface area contributed by atoms with Gasteiger partial charge in [0.1, 0.15) is 23.4 Å². The smallest absolute Gasteiger partial charge is 0.408 e. The fourth-order valence-electron chi connectivity index (χ4n) is 3.12. The number of phenolic OH excluding ortho intramolecular Hbond substituents is 1. The summed E-state index contributed by atoms with van der Waals surface area (Å²) in [4.78, 5) is 39.7. The van der Waals surface area contributed by atoms with E-state index in [1.54, 1.807) is 33.8 Å². The van der Waals surface area contributed by atoms with Gasteiger partial charge in [-0.3, -0.25) is 9.59 Å². The van der Waals surface area contributed by atoms with Crippen LogP contribution in [0.3, 0.4) is 0 Å². The molecule has 2 unspecified atom stereocenters. The van der Waals surface area contributed by atoms with Gasteiger partial charge < -0.3 is 35.6 Å². The molecule has 0 aliphatic rings. The Labute approximate surface area is 194 Å². The fourth-order valence-corrected chi connectivity index (χ4v) is 3.12. The van der Waals surface area contributed by atoms with Crippen LogP contribution >= 0.6 is 0 Å². The third kappa shape index (κ3) is 8.89. The molecule has 1 rings (SSSR count). The van der Waals surface area contributed by atoms with E-state index in [1.807, 2.05) is 6.92 Å². The van der Waals surface area contributed by atoms with Crippen LogP contribution in [0.4, 0.5) is 4.79 Å². The molecule has 10 nitrogen and oxygen atoms in total. The molecule has 0 spiro atoms. The first-order chi connectivity index (χ1) is 15.4. The monoisotopic (exact) mass is 467 g/mol. The highest BCUT2D eigenvalue weighted by Crippen LogP contribution is 2.27. The van der Waals surface area contributed by atoms with Crippen molar-refractivity contribution < 1.29 is 34.4 Å². The van der Waals surface area contributed by atoms with Gasteiger partial charge in [0.25, 0.3) is 0 Å². The lowest BCUT2D eigenvalue weighted by molar-refractivity contribution is -0.143. The number of carbonyl (C=O) groups excluding carboxylic acids is 3. The standard InChI is InChI=1S/C23H37N3O7/c1-6-7-10-24-20(30)19(16-8-9-18(29)15(2)13-16)26(11-12-27)21(31)17(14-28)25-22(32)33-23(3,4)5/h8-9,13,17,19,27-29H,6-7,10-12,14H2,1-5H3,(H,24,30)(H,25,32). The van der Waals surface area contributed by atoms with Crippen molar-refractivity contribution in [1.29, 1.82) is 0 Å². The van der Waals surface area contributed by atoms with E-state index in [1.165, 1.54) is 12.1 Å². The number of nitrogens with zero attached hydrogens (tertiary/aromatic N) is 1. The Kier molecular flexibility index (Phi) is 11.1. The Balaban J connectivity index is 3.31. The average molecular weight is 468 g/mol. The second-order valence-electron chi connectivity index (χ2n) is 8.73. The predicted octanol–water partition coefficient (Wildman–Crippen LogP) is 1.36. The van der Waals surface area contributed by atoms with Crippen LogP contribution in [-0.4, -0.2) is 76.1 Å². The second kappa shape index (κ2) is 13.0. The van der Waals surface area contributed by atoms with Gasteiger partial charge in [-0.05, 0) is 57.4 Å². The fraction of sp³-hybridized carbons (Fsp3) is 0.609. The van der Waals surface area contributed by atoms with Crippen molar-refractivity contribution in [2.75, 3.05) is 26.3 Å². The molecule has 186 valence electrons. The van der Waals surface area contributed by atoms with Crippen molar-refractivity contribution in [3.8, 4) is 5.75 Å². The largest absolute Gasteiger partial charge is 0.508 e. The molecule has 0 saturated heterocycles. The SMILES string of the molecule is CCCCNC(=O)C(c1ccc(O)c(C)c1)N(CCO)C(=O)C(CO)NC(=O)OC(C)(C)C. The van der Waals surface area contributed by atoms with Gasteiger partial charge in [-0.25, -0.2) is 4.79 Å². The highest BCUT2D eigenvalue weighted by Gasteiger charge is 2.36. The molecule has 0 bridgehead atoms. The zero-order chi connectivity index (χ0) is 25.2. The lowest BCUT2D eigenvalue weighted by Crippen LogP contribution is -2.55. The number of aryl methyl sites for hydroxylation is 1. The summed E-state index contributed by atoms with van der Waals surface area (Å²) in [5.74, 6) is -1.22. The molecule has 0 aliphatic carbocycles. The van der Waals surface area contributed by atoms with Gasteiger partial charge in [0.15, 0.2) is 0 Å². The molecular formula is C23H37N3O7. The average Bonchev–Trinajstić information content (AvgIpc) is 2.72. The molecule has 0 aromatic heterocycles. The highest BCUT2D eigenvalue weighted by molar-refractivity contribution is 5.92. The van der Waals surface area contributed by atoms with Crippen molar-refractivity contribution in [2.45, 2.75) is 65.1 Å². The summed E-state index contributed by atoms with van der Waals surface area (Å²) < 4.78 is 5.16. The van der Waals surface area contributed by atoms with Crippen LogP contribution in [0.1, 0.15) is 57.7 Å². The number of unbranched alkanes of at least 4 members (excludes halogenated alkanes) is 1. The van der Waals surface area contributed by atoms with Crippen molar-refractivity contribution in [1.82, 2.24) is 15.5 Å². The number of amides is 3. The van der Waals surface area contributed by atoms with Crippen molar-refractivity contribution >= 4 is 17.9 Å². The lowest BCUT2D eigenvalue weighted by Gasteiger charge is -2.33. The van der Waals surface area contributed by atoms with Crippen LogP contribution in [0.15, 0.2) is 18.2 Å². The third-order valence-corrected chi connectivity index (χ3v) is 4.72. The number of carbonyl (C=O) groups is 3. The van der Waals surface area contributed by atoms with E-state index >= 15 is 0 Å². The molecule has 1 aromatic rings. The number of hydrogen-bond donors (Lipinski definition) is 5. The summed E-state index contributed by atoms with van der Waals surface area (Å²) in [5.41, 5.74) is 0.0966. The number of aliphatic hydroxyl groups excluding tert-OH is 2. The molecule has 2 atom stereocenters. The molecule has 5 N–H and O–H groups in total. The van der Waals surface area contributed by atoms with Crippen LogP contribution in [0, 0.1) is 6.92 Å². The summed E-state index contributed by atoms with van der Waals surface area (Å²) >= 11 is 0. The molecule has 0 heterocycles. The molecule has 0 radical (unpaired) electrons. The maximum absolute atomic E-state index is 13.3. The van der Waals surface area contributed by atoms with Gasteiger partial charge in [-0.2, -0.15) is 0 Å². The number of alkyl carbamates (subject to hydrolysis) is 1. The quantitative estimate of drug-likeness (QED) is 0.309. The van der Waals surface area contributed by atoms with E-state index in [-0.39, 0.29) is 12.3 Å². The molecule has 33 heavy (non-hydrogen) atoms. The number of phenols is 1. The highest BCUT2D eigenvalue weighted by atomic mass is 16.6. The van der Waals surface area contributed by atoms with E-state index in [0.29, 0.717) is 17.7 Å². The van der Waals surface area contributed by atoms with Crippen molar-refractivity contribution in [2.24, 2.45) is 0 Å². The van der Waals surface area contributed by atoms with Crippen molar-refractivity contribution in [3.63, 3.8) is 0 Å². The third-order valence-electron chi connectivity index (χ3n) is 4.72. The number of aromatic hydroxyl groups is 1. The first kappa shape index (κ1) is 28.2. The maximum Gasteiger partial charge on any atom is 0.408 e. The van der Waals surface area contributed by atoms with Gasteiger partial charge in [0, 0.05) is 13.1 Å². The number of aliphatic hydroxyl groups is 2. The van der Waals surface area contributed by atoms with E-state index in [4.69, 9.17) is 4.74 Å². The normalized spacial score (nSPS) is 13.1. The molecule has 1 aromatic carbocycles. The van der Waals surface area contributed by atoms with Crippen LogP contribution in [0.5, 0.6) is 5.75 Å². The Hall–Kier alpha value is -2.85. The summed E-state index contributed by atoms with van der Waals surface area (Å²) in [5, 5.41) is 34.4. The molecule has 0 fully saturated rings. The van der Waals surface area contributed by atoms with Crippen LogP contribution in [-0.2, 0) is 14.3 Å². The van der Waals surface area contributed by atoms with Gasteiger partial charge in [-0.1, -0.05) is 19.4 Å². The lowest BCUT2D eigenvalue weighted by atomic mass is 10.00. The summed E-state index contributed by atoms with van der Waals surface area (Å²) in [6, 6.07) is 1.96. The zero-order valence-electron chi connectivity index (χ0n) is 20.1. The van der Waals surface area contributed by atoms with E-state index in [0.717, 1.165) is 17.7 Å². The minimum absolute atomic E-state index is 0.0313. The van der Waals surface area contributed by atoms with Gasteiger partial charge in [0.2, 0.25) is 11.8 Å². The summed E-state index contributed by atoms with van der Waals surface area (Å²) in [7, 11) is 0. The van der Waals surface area contributed by atoms with Gasteiger partial charge in [-0.15, -0.1) is 0 Å². The predicted molar refractivity (Wildman–Crippen MR) is 123 cm³/mol. The van der Waals surface area contributed by atoms with Gasteiger partial charge >= 0.3 is 6.09 Å². The number of hydrogen-bond acceptors (Lipinski definition) is 7. The number of ether oxygens (including phenoxy) is 1. The molecule has 10 heteroatoms. The Morgan fingerprint density at radius 3 is 2.36 bits per heavy atom. The summed E-state index contributed by atoms with van der Waals surface area (Å²) in [6.07, 6.45) is 0.693. The number of rotatable bonds is 11. The van der Waals surface area contributed by atoms with Gasteiger partial charge in [0.05, 0.1) is 13.2 Å². The topological polar surface area (TPSA) is 148 Å². The first-order valence-corrected chi connectivity index (χ1v) is 11.0. The Bertz CT molecular complexity index is 808. The first-order valence-electron chi connectivity index (χ1n) is 11.0. The number of nitrogens with one attached hydrogen (secondary N) is 2. The Morgan fingerprint density at radius 1 is 1.18 bits per heavy atom. The van der Waals surface area contributed by atoms with E-state index in [9.17, 15) is 29.7 Å². The zero-order valence-corrected chi connectivity index (χ0v) is 20.1. The molecule has 0 saturated carbocycles. The van der Waals surface area contributed by atoms with E-state index < -0.39 is 48.8 Å². The number of benzene rings is 1. The molecule has 3 amide bonds.